The Kier molecular flexibility index (Phi) is 2.09. The third-order valence-electron chi connectivity index (χ3n) is 3.03. The number of aromatic nitrogens is 2. The lowest BCUT2D eigenvalue weighted by molar-refractivity contribution is -0.384. The highest BCUT2D eigenvalue weighted by Crippen LogP contribution is 2.28. The highest BCUT2D eigenvalue weighted by Gasteiger charge is 2.38. The molecule has 2 aromatic rings. The van der Waals surface area contributed by atoms with Gasteiger partial charge < -0.3 is 15.0 Å². The molecule has 1 aromatic heterocycles. The van der Waals surface area contributed by atoms with Crippen molar-refractivity contribution in [2.24, 2.45) is 0 Å². The largest absolute Gasteiger partial charge is 0.386 e. The predicted molar refractivity (Wildman–Crippen MR) is 65.6 cm³/mol. The molecule has 0 saturated carbocycles. The van der Waals surface area contributed by atoms with Crippen molar-refractivity contribution >= 4 is 22.7 Å². The van der Waals surface area contributed by atoms with Gasteiger partial charge in [0.25, 0.3) is 5.69 Å². The summed E-state index contributed by atoms with van der Waals surface area (Å²) in [5.41, 5.74) is 0.673. The minimum atomic E-state index is -0.676. The summed E-state index contributed by atoms with van der Waals surface area (Å²) in [5.74, 6) is 0.636. The van der Waals surface area contributed by atoms with Gasteiger partial charge in [-0.1, -0.05) is 0 Å². The van der Waals surface area contributed by atoms with E-state index < -0.39 is 10.5 Å². The van der Waals surface area contributed by atoms with Crippen LogP contribution in [0.15, 0.2) is 18.2 Å². The molecule has 0 spiro atoms. The number of H-pyrrole nitrogens is 1. The minimum Gasteiger partial charge on any atom is -0.386 e. The van der Waals surface area contributed by atoms with E-state index in [1.165, 1.54) is 12.1 Å². The zero-order valence-electron chi connectivity index (χ0n) is 9.75. The van der Waals surface area contributed by atoms with E-state index in [1.54, 1.807) is 13.0 Å². The molecule has 7 heteroatoms. The smallest absolute Gasteiger partial charge is 0.271 e. The first-order chi connectivity index (χ1) is 8.44. The summed E-state index contributed by atoms with van der Waals surface area (Å²) in [6, 6.07) is 4.51. The Bertz CT molecular complexity index is 626. The summed E-state index contributed by atoms with van der Waals surface area (Å²) in [7, 11) is 0. The zero-order chi connectivity index (χ0) is 12.9. The van der Waals surface area contributed by atoms with Crippen LogP contribution in [-0.4, -0.2) is 38.7 Å². The number of non-ortho nitro benzene ring substituents is 1. The topological polar surface area (TPSA) is 95.3 Å². The molecule has 1 aliphatic heterocycles. The van der Waals surface area contributed by atoms with E-state index in [-0.39, 0.29) is 5.69 Å². The van der Waals surface area contributed by atoms with Crippen LogP contribution in [0.3, 0.4) is 0 Å². The number of hydrogen-bond donors (Lipinski definition) is 2. The van der Waals surface area contributed by atoms with Crippen molar-refractivity contribution in [2.45, 2.75) is 12.5 Å². The molecular weight excluding hydrogens is 236 g/mol. The number of aromatic amines is 1. The number of anilines is 1. The molecule has 0 unspecified atom stereocenters. The van der Waals surface area contributed by atoms with Crippen LogP contribution in [0.25, 0.3) is 11.0 Å². The Morgan fingerprint density at radius 1 is 1.56 bits per heavy atom. The number of nitrogens with zero attached hydrogens (tertiary/aromatic N) is 3. The number of β-amino-alcohol motifs (C(OH)–C–C–N with tert-alkyl or cyclic N) is 1. The number of nitrogens with one attached hydrogen (secondary N) is 1. The number of hydrogen-bond acceptors (Lipinski definition) is 5. The molecule has 0 aliphatic carbocycles. The minimum absolute atomic E-state index is 0.0355. The first kappa shape index (κ1) is 11.0. The van der Waals surface area contributed by atoms with Gasteiger partial charge in [-0.15, -0.1) is 0 Å². The summed E-state index contributed by atoms with van der Waals surface area (Å²) in [6.45, 7) is 2.78. The molecular formula is C11H12N4O3. The van der Waals surface area contributed by atoms with Crippen LogP contribution in [0.2, 0.25) is 0 Å². The molecule has 3 rings (SSSR count). The van der Waals surface area contributed by atoms with E-state index in [4.69, 9.17) is 0 Å². The summed E-state index contributed by atoms with van der Waals surface area (Å²) < 4.78 is 0. The second-order valence-corrected chi connectivity index (χ2v) is 4.87. The Morgan fingerprint density at radius 3 is 2.89 bits per heavy atom. The maximum Gasteiger partial charge on any atom is 0.271 e. The number of rotatable bonds is 2. The maximum absolute atomic E-state index is 10.7. The molecule has 94 valence electrons. The van der Waals surface area contributed by atoms with Crippen LogP contribution in [0.4, 0.5) is 11.6 Å². The van der Waals surface area contributed by atoms with Gasteiger partial charge in [0.05, 0.1) is 34.6 Å². The molecule has 1 saturated heterocycles. The van der Waals surface area contributed by atoms with E-state index in [0.29, 0.717) is 30.1 Å². The lowest BCUT2D eigenvalue weighted by atomic mass is 9.98. The van der Waals surface area contributed by atoms with Crippen LogP contribution < -0.4 is 4.90 Å². The lowest BCUT2D eigenvalue weighted by Crippen LogP contribution is -2.60. The molecule has 18 heavy (non-hydrogen) atoms. The van der Waals surface area contributed by atoms with E-state index >= 15 is 0 Å². The van der Waals surface area contributed by atoms with Crippen LogP contribution in [0.5, 0.6) is 0 Å². The second kappa shape index (κ2) is 3.42. The Balaban J connectivity index is 1.94. The van der Waals surface area contributed by atoms with Gasteiger partial charge in [0, 0.05) is 12.1 Å². The molecule has 0 bridgehead atoms. The van der Waals surface area contributed by atoms with Crippen molar-refractivity contribution in [3.05, 3.63) is 28.3 Å². The normalized spacial score (nSPS) is 17.8. The first-order valence-electron chi connectivity index (χ1n) is 5.56. The van der Waals surface area contributed by atoms with E-state index in [9.17, 15) is 15.2 Å². The van der Waals surface area contributed by atoms with Crippen molar-refractivity contribution in [3.8, 4) is 0 Å². The molecule has 7 nitrogen and oxygen atoms in total. The van der Waals surface area contributed by atoms with E-state index in [0.717, 1.165) is 0 Å². The quantitative estimate of drug-likeness (QED) is 0.611. The van der Waals surface area contributed by atoms with Crippen LogP contribution in [0.1, 0.15) is 6.92 Å². The number of aliphatic hydroxyl groups is 1. The Morgan fingerprint density at radius 2 is 2.28 bits per heavy atom. The number of imidazole rings is 1. The van der Waals surface area contributed by atoms with Gasteiger partial charge in [-0.25, -0.2) is 4.98 Å². The third-order valence-corrected chi connectivity index (χ3v) is 3.03. The first-order valence-corrected chi connectivity index (χ1v) is 5.56. The average Bonchev–Trinajstić information content (AvgIpc) is 2.67. The third kappa shape index (κ3) is 1.68. The second-order valence-electron chi connectivity index (χ2n) is 4.87. The maximum atomic E-state index is 10.7. The highest BCUT2D eigenvalue weighted by molar-refractivity contribution is 5.80. The molecule has 1 aromatic carbocycles. The fourth-order valence-electron chi connectivity index (χ4n) is 2.17. The van der Waals surface area contributed by atoms with Crippen molar-refractivity contribution in [1.29, 1.82) is 0 Å². The SMILES string of the molecule is CC1(O)CN(c2nc3ccc([N+](=O)[O-])cc3[nH]2)C1. The Labute approximate surface area is 102 Å². The monoisotopic (exact) mass is 248 g/mol. The van der Waals surface area contributed by atoms with Gasteiger partial charge in [-0.05, 0) is 13.0 Å². The van der Waals surface area contributed by atoms with Crippen LogP contribution >= 0.6 is 0 Å². The van der Waals surface area contributed by atoms with Crippen LogP contribution in [0, 0.1) is 10.1 Å². The van der Waals surface area contributed by atoms with Gasteiger partial charge in [-0.2, -0.15) is 0 Å². The van der Waals surface area contributed by atoms with Crippen molar-refractivity contribution in [3.63, 3.8) is 0 Å². The van der Waals surface area contributed by atoms with Crippen LogP contribution in [-0.2, 0) is 0 Å². The summed E-state index contributed by atoms with van der Waals surface area (Å²) in [4.78, 5) is 19.5. The lowest BCUT2D eigenvalue weighted by Gasteiger charge is -2.43. The summed E-state index contributed by atoms with van der Waals surface area (Å²) in [5, 5.41) is 20.3. The highest BCUT2D eigenvalue weighted by atomic mass is 16.6. The summed E-state index contributed by atoms with van der Waals surface area (Å²) in [6.07, 6.45) is 0. The Hall–Kier alpha value is -2.15. The van der Waals surface area contributed by atoms with Gasteiger partial charge in [0.15, 0.2) is 0 Å². The predicted octanol–water partition coefficient (Wildman–Crippen LogP) is 1.04. The molecule has 1 fully saturated rings. The molecule has 1 aliphatic rings. The number of benzene rings is 1. The summed E-state index contributed by atoms with van der Waals surface area (Å²) >= 11 is 0. The number of fused-ring (bicyclic) bond motifs is 1. The molecule has 0 amide bonds. The fraction of sp³-hybridized carbons (Fsp3) is 0.364. The molecule has 2 N–H and O–H groups in total. The van der Waals surface area contributed by atoms with Crippen molar-refractivity contribution in [1.82, 2.24) is 9.97 Å². The molecule has 0 atom stereocenters. The van der Waals surface area contributed by atoms with Gasteiger partial charge in [0.1, 0.15) is 0 Å². The van der Waals surface area contributed by atoms with Gasteiger partial charge in [0.2, 0.25) is 5.95 Å². The van der Waals surface area contributed by atoms with Crippen molar-refractivity contribution in [2.75, 3.05) is 18.0 Å². The standard InChI is InChI=1S/C11H12N4O3/c1-11(16)5-14(6-11)10-12-8-3-2-7(15(17)18)4-9(8)13-10/h2-4,16H,5-6H2,1H3,(H,12,13). The van der Waals surface area contributed by atoms with Gasteiger partial charge >= 0.3 is 0 Å². The number of nitro benzene ring substituents is 1. The fourth-order valence-corrected chi connectivity index (χ4v) is 2.17. The zero-order valence-corrected chi connectivity index (χ0v) is 9.75. The van der Waals surface area contributed by atoms with E-state index in [1.807, 2.05) is 4.90 Å². The van der Waals surface area contributed by atoms with Gasteiger partial charge in [-0.3, -0.25) is 10.1 Å². The molecule has 0 radical (unpaired) electrons. The van der Waals surface area contributed by atoms with Crippen molar-refractivity contribution < 1.29 is 10.0 Å². The number of nitro groups is 1. The van der Waals surface area contributed by atoms with E-state index in [2.05, 4.69) is 9.97 Å². The molecule has 2 heterocycles. The average molecular weight is 248 g/mol.